The fraction of sp³-hybridized carbons (Fsp3) is 0.133. The molecule has 0 aliphatic carbocycles. The summed E-state index contributed by atoms with van der Waals surface area (Å²) in [4.78, 5) is 12.4. The number of nitrogens with one attached hydrogen (secondary N) is 1. The summed E-state index contributed by atoms with van der Waals surface area (Å²) in [6.07, 6.45) is 0. The van der Waals surface area contributed by atoms with Crippen molar-refractivity contribution >= 4 is 28.9 Å². The Labute approximate surface area is 122 Å². The third kappa shape index (κ3) is 2.70. The van der Waals surface area contributed by atoms with Crippen LogP contribution in [0.15, 0.2) is 36.4 Å². The molecule has 2 rings (SSSR count). The molecule has 0 radical (unpaired) electrons. The summed E-state index contributed by atoms with van der Waals surface area (Å²) in [7, 11) is 1.50. The molecule has 2 aromatic carbocycles. The van der Waals surface area contributed by atoms with Crippen molar-refractivity contribution in [3.63, 3.8) is 0 Å². The molecule has 0 atom stereocenters. The molecule has 0 saturated carbocycles. The van der Waals surface area contributed by atoms with Crippen molar-refractivity contribution < 1.29 is 9.53 Å². The molecule has 0 aliphatic heterocycles. The van der Waals surface area contributed by atoms with Crippen molar-refractivity contribution in [1.82, 2.24) is 0 Å². The average molecular weight is 291 g/mol. The maximum absolute atomic E-state index is 12.4. The number of nitrogens with two attached hydrogens (primary N) is 1. The summed E-state index contributed by atoms with van der Waals surface area (Å²) in [6.45, 7) is 1.84. The molecule has 5 heteroatoms. The zero-order chi connectivity index (χ0) is 14.7. The molecular weight excluding hydrogens is 276 g/mol. The van der Waals surface area contributed by atoms with Crippen molar-refractivity contribution in [2.45, 2.75) is 6.92 Å². The Balaban J connectivity index is 2.36. The molecule has 0 aliphatic rings. The molecule has 0 bridgehead atoms. The average Bonchev–Trinajstić information content (AvgIpc) is 2.43. The lowest BCUT2D eigenvalue weighted by atomic mass is 10.1. The van der Waals surface area contributed by atoms with Crippen LogP contribution in [-0.2, 0) is 0 Å². The highest BCUT2D eigenvalue weighted by atomic mass is 35.5. The van der Waals surface area contributed by atoms with E-state index in [1.54, 1.807) is 36.4 Å². The normalized spacial score (nSPS) is 10.2. The molecule has 104 valence electrons. The molecule has 0 heterocycles. The second-order valence-corrected chi connectivity index (χ2v) is 4.70. The Hall–Kier alpha value is -2.20. The van der Waals surface area contributed by atoms with E-state index in [-0.39, 0.29) is 5.91 Å². The van der Waals surface area contributed by atoms with Gasteiger partial charge < -0.3 is 15.8 Å². The quantitative estimate of drug-likeness (QED) is 0.851. The van der Waals surface area contributed by atoms with Gasteiger partial charge in [0.1, 0.15) is 11.3 Å². The lowest BCUT2D eigenvalue weighted by Gasteiger charge is -2.13. The number of nitrogen functional groups attached to an aromatic ring is 1. The van der Waals surface area contributed by atoms with E-state index in [0.29, 0.717) is 27.7 Å². The number of carbonyl (C=O) groups excluding carboxylic acids is 1. The largest absolute Gasteiger partial charge is 0.496 e. The summed E-state index contributed by atoms with van der Waals surface area (Å²) in [6, 6.07) is 10.4. The minimum Gasteiger partial charge on any atom is -0.496 e. The van der Waals surface area contributed by atoms with Crippen LogP contribution in [0.25, 0.3) is 0 Å². The molecular formula is C15H15ClN2O2. The predicted molar refractivity (Wildman–Crippen MR) is 81.5 cm³/mol. The Kier molecular flexibility index (Phi) is 4.15. The van der Waals surface area contributed by atoms with Gasteiger partial charge in [-0.2, -0.15) is 0 Å². The standard InChI is InChI=1S/C15H15ClN2O2/c1-9-10(16)5-3-7-12(9)18-15(19)14-11(17)6-4-8-13(14)20-2/h3-8H,17H2,1-2H3,(H,18,19). The van der Waals surface area contributed by atoms with Crippen LogP contribution in [0.1, 0.15) is 15.9 Å². The molecule has 2 aromatic rings. The Bertz CT molecular complexity index is 656. The highest BCUT2D eigenvalue weighted by Gasteiger charge is 2.16. The van der Waals surface area contributed by atoms with E-state index in [0.717, 1.165) is 5.56 Å². The third-order valence-electron chi connectivity index (χ3n) is 3.02. The van der Waals surface area contributed by atoms with Crippen molar-refractivity contribution in [1.29, 1.82) is 0 Å². The SMILES string of the molecule is COc1cccc(N)c1C(=O)Nc1cccc(Cl)c1C. The van der Waals surface area contributed by atoms with Gasteiger partial charge in [0.2, 0.25) is 0 Å². The van der Waals surface area contributed by atoms with Crippen LogP contribution in [0.3, 0.4) is 0 Å². The van der Waals surface area contributed by atoms with Crippen molar-refractivity contribution in [3.8, 4) is 5.75 Å². The van der Waals surface area contributed by atoms with E-state index in [1.165, 1.54) is 7.11 Å². The number of amides is 1. The Morgan fingerprint density at radius 2 is 1.95 bits per heavy atom. The first-order valence-electron chi connectivity index (χ1n) is 6.03. The maximum atomic E-state index is 12.4. The van der Waals surface area contributed by atoms with E-state index in [1.807, 2.05) is 6.92 Å². The topological polar surface area (TPSA) is 64.3 Å². The van der Waals surface area contributed by atoms with E-state index >= 15 is 0 Å². The number of rotatable bonds is 3. The first-order chi connectivity index (χ1) is 9.54. The van der Waals surface area contributed by atoms with E-state index in [4.69, 9.17) is 22.1 Å². The fourth-order valence-electron chi connectivity index (χ4n) is 1.89. The Morgan fingerprint density at radius 3 is 2.65 bits per heavy atom. The second-order valence-electron chi connectivity index (χ2n) is 4.29. The van der Waals surface area contributed by atoms with Crippen molar-refractivity contribution in [3.05, 3.63) is 52.5 Å². The summed E-state index contributed by atoms with van der Waals surface area (Å²) >= 11 is 6.03. The Morgan fingerprint density at radius 1 is 1.25 bits per heavy atom. The number of benzene rings is 2. The van der Waals surface area contributed by atoms with Gasteiger partial charge in [-0.1, -0.05) is 23.7 Å². The molecule has 0 saturated heterocycles. The summed E-state index contributed by atoms with van der Waals surface area (Å²) in [5, 5.41) is 3.39. The molecule has 20 heavy (non-hydrogen) atoms. The zero-order valence-corrected chi connectivity index (χ0v) is 12.0. The first-order valence-corrected chi connectivity index (χ1v) is 6.41. The van der Waals surface area contributed by atoms with Crippen molar-refractivity contribution in [2.75, 3.05) is 18.2 Å². The molecule has 0 spiro atoms. The number of hydrogen-bond acceptors (Lipinski definition) is 3. The molecule has 4 nitrogen and oxygen atoms in total. The van der Waals surface area contributed by atoms with Crippen LogP contribution in [0.5, 0.6) is 5.75 Å². The van der Waals surface area contributed by atoms with Crippen LogP contribution >= 0.6 is 11.6 Å². The summed E-state index contributed by atoms with van der Waals surface area (Å²) in [5.74, 6) is 0.104. The molecule has 0 aromatic heterocycles. The molecule has 0 unspecified atom stereocenters. The third-order valence-corrected chi connectivity index (χ3v) is 3.43. The van der Waals surface area contributed by atoms with Crippen LogP contribution in [-0.4, -0.2) is 13.0 Å². The highest BCUT2D eigenvalue weighted by Crippen LogP contribution is 2.27. The highest BCUT2D eigenvalue weighted by molar-refractivity contribution is 6.31. The number of anilines is 2. The number of methoxy groups -OCH3 is 1. The maximum Gasteiger partial charge on any atom is 0.261 e. The molecule has 3 N–H and O–H groups in total. The molecule has 0 fully saturated rings. The number of halogens is 1. The van der Waals surface area contributed by atoms with Gasteiger partial charge >= 0.3 is 0 Å². The lowest BCUT2D eigenvalue weighted by Crippen LogP contribution is -2.16. The van der Waals surface area contributed by atoms with Gasteiger partial charge in [-0.05, 0) is 36.8 Å². The first kappa shape index (κ1) is 14.2. The minimum atomic E-state index is -0.328. The zero-order valence-electron chi connectivity index (χ0n) is 11.2. The number of ether oxygens (including phenoxy) is 1. The number of hydrogen-bond donors (Lipinski definition) is 2. The van der Waals surface area contributed by atoms with E-state index in [9.17, 15) is 4.79 Å². The predicted octanol–water partition coefficient (Wildman–Crippen LogP) is 3.49. The van der Waals surface area contributed by atoms with Gasteiger partial charge in [0.15, 0.2) is 0 Å². The van der Waals surface area contributed by atoms with Gasteiger partial charge in [-0.15, -0.1) is 0 Å². The lowest BCUT2D eigenvalue weighted by molar-refractivity contribution is 0.102. The monoisotopic (exact) mass is 290 g/mol. The fourth-order valence-corrected chi connectivity index (χ4v) is 2.06. The van der Waals surface area contributed by atoms with Gasteiger partial charge in [0.05, 0.1) is 7.11 Å². The van der Waals surface area contributed by atoms with Gasteiger partial charge in [-0.25, -0.2) is 0 Å². The number of carbonyl (C=O) groups is 1. The van der Waals surface area contributed by atoms with Gasteiger partial charge in [-0.3, -0.25) is 4.79 Å². The van der Waals surface area contributed by atoms with Gasteiger partial charge in [0.25, 0.3) is 5.91 Å². The summed E-state index contributed by atoms with van der Waals surface area (Å²) < 4.78 is 5.17. The van der Waals surface area contributed by atoms with Crippen LogP contribution < -0.4 is 15.8 Å². The molecule has 1 amide bonds. The van der Waals surface area contributed by atoms with Crippen LogP contribution in [0.4, 0.5) is 11.4 Å². The van der Waals surface area contributed by atoms with E-state index < -0.39 is 0 Å². The van der Waals surface area contributed by atoms with E-state index in [2.05, 4.69) is 5.32 Å². The minimum absolute atomic E-state index is 0.314. The second kappa shape index (κ2) is 5.84. The smallest absolute Gasteiger partial charge is 0.261 e. The van der Waals surface area contributed by atoms with Crippen molar-refractivity contribution in [2.24, 2.45) is 0 Å². The van der Waals surface area contributed by atoms with Crippen LogP contribution in [0, 0.1) is 6.92 Å². The van der Waals surface area contributed by atoms with Crippen LogP contribution in [0.2, 0.25) is 5.02 Å². The summed E-state index contributed by atoms with van der Waals surface area (Å²) in [5.41, 5.74) is 7.98. The van der Waals surface area contributed by atoms with Gasteiger partial charge in [0, 0.05) is 16.4 Å².